The van der Waals surface area contributed by atoms with E-state index in [1.807, 2.05) is 39.8 Å². The van der Waals surface area contributed by atoms with Crippen molar-refractivity contribution in [3.8, 4) is 17.2 Å². The number of aryl methyl sites for hydroxylation is 1. The van der Waals surface area contributed by atoms with Crippen LogP contribution in [0.4, 0.5) is 21.0 Å². The highest BCUT2D eigenvalue weighted by Gasteiger charge is 2.29. The molecule has 0 atom stereocenters. The van der Waals surface area contributed by atoms with Crippen molar-refractivity contribution in [2.75, 3.05) is 70.7 Å². The van der Waals surface area contributed by atoms with Crippen LogP contribution < -0.4 is 30.2 Å². The fourth-order valence-corrected chi connectivity index (χ4v) is 6.53. The van der Waals surface area contributed by atoms with Crippen LogP contribution in [0.2, 0.25) is 0 Å². The third kappa shape index (κ3) is 14.0. The van der Waals surface area contributed by atoms with Crippen LogP contribution in [0.1, 0.15) is 105 Å². The lowest BCUT2D eigenvalue weighted by atomic mass is 9.98. The Kier molecular flexibility index (Phi) is 16.8. The molecule has 1 saturated heterocycles. The van der Waals surface area contributed by atoms with Crippen molar-refractivity contribution in [3.05, 3.63) is 76.9 Å². The topological polar surface area (TPSA) is 179 Å². The number of piperazine rings is 1. The maximum absolute atomic E-state index is 14.0. The van der Waals surface area contributed by atoms with E-state index in [9.17, 15) is 24.0 Å². The van der Waals surface area contributed by atoms with Crippen molar-refractivity contribution in [1.82, 2.24) is 15.1 Å². The highest BCUT2D eigenvalue weighted by Crippen LogP contribution is 2.36. The van der Waals surface area contributed by atoms with E-state index in [1.165, 1.54) is 24.1 Å². The summed E-state index contributed by atoms with van der Waals surface area (Å²) in [6, 6.07) is 15.4. The van der Waals surface area contributed by atoms with Crippen LogP contribution >= 0.6 is 0 Å². The van der Waals surface area contributed by atoms with Crippen LogP contribution in [0.5, 0.6) is 17.2 Å². The molecule has 1 heterocycles. The molecule has 4 rings (SSSR count). The van der Waals surface area contributed by atoms with Gasteiger partial charge in [-0.3, -0.25) is 14.4 Å². The first-order valence-corrected chi connectivity index (χ1v) is 20.8. The van der Waals surface area contributed by atoms with Gasteiger partial charge in [-0.2, -0.15) is 0 Å². The van der Waals surface area contributed by atoms with Crippen LogP contribution in [0.3, 0.4) is 0 Å². The summed E-state index contributed by atoms with van der Waals surface area (Å²) in [7, 11) is 3.01. The first-order chi connectivity index (χ1) is 28.8. The van der Waals surface area contributed by atoms with Gasteiger partial charge in [0.05, 0.1) is 48.4 Å². The smallest absolute Gasteiger partial charge is 0.410 e. The lowest BCUT2D eigenvalue weighted by Crippen LogP contribution is -2.51. The Labute approximate surface area is 359 Å². The fourth-order valence-electron chi connectivity index (χ4n) is 6.53. The molecule has 332 valence electrons. The third-order valence-corrected chi connectivity index (χ3v) is 9.61. The Balaban J connectivity index is 1.32. The number of carbonyl (C=O) groups excluding carboxylic acids is 5. The number of ketones is 1. The number of alkyl carbamates (subject to hydrolysis) is 1. The first-order valence-electron chi connectivity index (χ1n) is 20.8. The summed E-state index contributed by atoms with van der Waals surface area (Å²) in [5.74, 6) is 0.147. The summed E-state index contributed by atoms with van der Waals surface area (Å²) in [6.45, 7) is 15.6. The molecule has 15 nitrogen and oxygen atoms in total. The van der Waals surface area contributed by atoms with Crippen molar-refractivity contribution in [3.63, 3.8) is 0 Å². The molecule has 1 fully saturated rings. The summed E-state index contributed by atoms with van der Waals surface area (Å²) in [5, 5.41) is 2.69. The third-order valence-electron chi connectivity index (χ3n) is 9.61. The molecular formula is C46H63N5O10. The number of hydrogen-bond acceptors (Lipinski definition) is 11. The van der Waals surface area contributed by atoms with Gasteiger partial charge in [0.25, 0.3) is 5.91 Å². The number of nitrogens with two attached hydrogens (primary N) is 1. The number of anilines is 2. The van der Waals surface area contributed by atoms with Gasteiger partial charge >= 0.3 is 12.2 Å². The van der Waals surface area contributed by atoms with E-state index in [2.05, 4.69) is 5.32 Å². The molecule has 3 N–H and O–H groups in total. The molecule has 0 aliphatic carbocycles. The summed E-state index contributed by atoms with van der Waals surface area (Å²) in [4.78, 5) is 70.0. The van der Waals surface area contributed by atoms with Gasteiger partial charge in [-0.05, 0) is 116 Å². The zero-order valence-corrected chi connectivity index (χ0v) is 37.2. The minimum Gasteiger partial charge on any atom is -0.494 e. The maximum atomic E-state index is 14.0. The number of ether oxygens (including phenoxy) is 5. The molecule has 0 saturated carbocycles. The van der Waals surface area contributed by atoms with Gasteiger partial charge in [0.15, 0.2) is 5.75 Å². The number of amides is 4. The Morgan fingerprint density at radius 1 is 0.738 bits per heavy atom. The zero-order chi connectivity index (χ0) is 44.9. The van der Waals surface area contributed by atoms with Gasteiger partial charge in [-0.1, -0.05) is 18.2 Å². The van der Waals surface area contributed by atoms with Crippen molar-refractivity contribution in [2.24, 2.45) is 0 Å². The van der Waals surface area contributed by atoms with Crippen LogP contribution in [-0.2, 0) is 14.3 Å². The van der Waals surface area contributed by atoms with E-state index >= 15 is 0 Å². The van der Waals surface area contributed by atoms with Crippen molar-refractivity contribution < 1.29 is 47.7 Å². The molecule has 0 radical (unpaired) electrons. The van der Waals surface area contributed by atoms with Gasteiger partial charge < -0.3 is 49.4 Å². The second-order valence-electron chi connectivity index (χ2n) is 16.9. The van der Waals surface area contributed by atoms with Crippen molar-refractivity contribution >= 4 is 41.2 Å². The van der Waals surface area contributed by atoms with E-state index < -0.39 is 29.0 Å². The van der Waals surface area contributed by atoms with Gasteiger partial charge in [-0.15, -0.1) is 0 Å². The highest BCUT2D eigenvalue weighted by molar-refractivity contribution is 6.16. The quantitative estimate of drug-likeness (QED) is 0.0786. The number of unbranched alkanes of at least 4 members (excludes halogenated alkanes) is 2. The minimum absolute atomic E-state index is 0.00543. The number of benzene rings is 3. The lowest BCUT2D eigenvalue weighted by Gasteiger charge is -2.35. The van der Waals surface area contributed by atoms with E-state index in [4.69, 9.17) is 29.4 Å². The molecule has 15 heteroatoms. The number of methoxy groups -OCH3 is 1. The minimum atomic E-state index is -0.605. The molecule has 0 spiro atoms. The Hall–Kier alpha value is -5.99. The largest absolute Gasteiger partial charge is 0.494 e. The molecule has 0 unspecified atom stereocenters. The summed E-state index contributed by atoms with van der Waals surface area (Å²) in [6.07, 6.45) is 2.16. The van der Waals surface area contributed by atoms with Crippen molar-refractivity contribution in [1.29, 1.82) is 0 Å². The van der Waals surface area contributed by atoms with Gasteiger partial charge in [-0.25, -0.2) is 9.59 Å². The summed E-state index contributed by atoms with van der Waals surface area (Å²) in [5.41, 5.74) is 7.44. The first kappa shape index (κ1) is 47.7. The maximum Gasteiger partial charge on any atom is 0.410 e. The standard InChI is InChI=1S/C46H63N5O10/c1-31-19-22-35(37(30-31)59-28-14-10-11-18-38(52)50-24-26-51(27-25-50)44(56)61-46(5,6)7)49(8)42(54)33-20-21-34(41(57-9)39(33)47)40(53)32-16-12-13-17-36(32)58-29-15-23-48-43(55)60-45(2,3)4/h12-13,16-17,19-22,30H,10-11,14-15,18,23-29,47H2,1-9H3,(H,48,55). The van der Waals surface area contributed by atoms with Crippen LogP contribution in [0.15, 0.2) is 54.6 Å². The number of nitrogen functional groups attached to an aromatic ring is 1. The Bertz CT molecular complexity index is 2010. The van der Waals surface area contributed by atoms with Crippen molar-refractivity contribution in [2.45, 2.75) is 91.8 Å². The molecule has 4 amide bonds. The second kappa shape index (κ2) is 21.5. The lowest BCUT2D eigenvalue weighted by molar-refractivity contribution is -0.133. The van der Waals surface area contributed by atoms with E-state index in [0.717, 1.165) is 12.0 Å². The predicted molar refractivity (Wildman–Crippen MR) is 234 cm³/mol. The van der Waals surface area contributed by atoms with E-state index in [-0.39, 0.29) is 46.7 Å². The zero-order valence-electron chi connectivity index (χ0n) is 37.2. The fraction of sp³-hybridized carbons (Fsp3) is 0.500. The number of para-hydroxylation sites is 1. The summed E-state index contributed by atoms with van der Waals surface area (Å²) >= 11 is 0. The average Bonchev–Trinajstić information content (AvgIpc) is 3.20. The Morgan fingerprint density at radius 3 is 2.03 bits per heavy atom. The van der Waals surface area contributed by atoms with E-state index in [1.54, 1.807) is 68.0 Å². The van der Waals surface area contributed by atoms with Crippen LogP contribution in [0.25, 0.3) is 0 Å². The molecule has 3 aromatic carbocycles. The molecule has 0 bridgehead atoms. The highest BCUT2D eigenvalue weighted by atomic mass is 16.6. The number of carbonyl (C=O) groups is 5. The molecular weight excluding hydrogens is 783 g/mol. The van der Waals surface area contributed by atoms with Crippen LogP contribution in [0, 0.1) is 6.92 Å². The molecule has 3 aromatic rings. The van der Waals surface area contributed by atoms with Crippen LogP contribution in [-0.4, -0.2) is 111 Å². The molecule has 1 aliphatic rings. The number of hydrogen-bond donors (Lipinski definition) is 2. The Morgan fingerprint density at radius 2 is 1.36 bits per heavy atom. The normalized spacial score (nSPS) is 12.9. The molecule has 0 aromatic heterocycles. The summed E-state index contributed by atoms with van der Waals surface area (Å²) < 4.78 is 28.5. The van der Waals surface area contributed by atoms with Gasteiger partial charge in [0.2, 0.25) is 11.7 Å². The molecule has 61 heavy (non-hydrogen) atoms. The number of rotatable bonds is 17. The predicted octanol–water partition coefficient (Wildman–Crippen LogP) is 7.41. The SMILES string of the molecule is COc1c(C(=O)c2ccccc2OCCCNC(=O)OC(C)(C)C)ccc(C(=O)N(C)c2ccc(C)cc2OCCCCCC(=O)N2CCN(C(=O)OC(C)(C)C)CC2)c1N. The van der Waals surface area contributed by atoms with Gasteiger partial charge in [0, 0.05) is 46.2 Å². The van der Waals surface area contributed by atoms with E-state index in [0.29, 0.717) is 82.2 Å². The average molecular weight is 846 g/mol. The van der Waals surface area contributed by atoms with Gasteiger partial charge in [0.1, 0.15) is 22.7 Å². The number of nitrogens with zero attached hydrogens (tertiary/aromatic N) is 3. The number of nitrogens with one attached hydrogen (secondary N) is 1. The molecule has 1 aliphatic heterocycles. The second-order valence-corrected chi connectivity index (χ2v) is 16.9. The monoisotopic (exact) mass is 845 g/mol.